The molecule has 0 saturated heterocycles. The van der Waals surface area contributed by atoms with Crippen LogP contribution in [-0.2, 0) is 16.4 Å². The number of hydrogen-bond donors (Lipinski definition) is 0. The Morgan fingerprint density at radius 2 is 1.72 bits per heavy atom. The van der Waals surface area contributed by atoms with Crippen LogP contribution in [0.5, 0.6) is 5.75 Å². The fourth-order valence-corrected chi connectivity index (χ4v) is 5.40. The van der Waals surface area contributed by atoms with Crippen LogP contribution >= 0.6 is 0 Å². The molecule has 3 rings (SSSR count). The predicted molar refractivity (Wildman–Crippen MR) is 127 cm³/mol. The number of benzene rings is 2. The molecule has 1 aromatic heterocycles. The van der Waals surface area contributed by atoms with E-state index in [0.717, 1.165) is 28.1 Å². The molecule has 0 saturated carbocycles. The average molecular weight is 457 g/mol. The molecule has 0 unspecified atom stereocenters. The van der Waals surface area contributed by atoms with Crippen molar-refractivity contribution in [2.24, 2.45) is 5.92 Å². The topological polar surface area (TPSA) is 72.6 Å². The first-order valence-corrected chi connectivity index (χ1v) is 12.3. The molecule has 0 aliphatic carbocycles. The van der Waals surface area contributed by atoms with E-state index in [-0.39, 0.29) is 10.8 Å². The standard InChI is InChI=1S/C25H32N2O4S/c1-17(2)16-27(25-12-7-18(3)15-19(25)4)32(28,29)23-10-8-22(9-11-23)30-14-13-24-20(5)26-31-21(24)6/h7-12,15,17H,13-14,16H2,1-6H3. The van der Waals surface area contributed by atoms with Crippen LogP contribution in [0.4, 0.5) is 5.69 Å². The van der Waals surface area contributed by atoms with Gasteiger partial charge < -0.3 is 9.26 Å². The van der Waals surface area contributed by atoms with Gasteiger partial charge in [-0.2, -0.15) is 0 Å². The minimum absolute atomic E-state index is 0.178. The van der Waals surface area contributed by atoms with E-state index < -0.39 is 10.0 Å². The van der Waals surface area contributed by atoms with E-state index in [4.69, 9.17) is 9.26 Å². The molecule has 0 aliphatic heterocycles. The molecule has 0 fully saturated rings. The van der Waals surface area contributed by atoms with E-state index in [1.165, 1.54) is 4.31 Å². The summed E-state index contributed by atoms with van der Waals surface area (Å²) >= 11 is 0. The first-order valence-electron chi connectivity index (χ1n) is 10.8. The van der Waals surface area contributed by atoms with Crippen LogP contribution in [0.2, 0.25) is 0 Å². The van der Waals surface area contributed by atoms with Crippen LogP contribution in [0.15, 0.2) is 51.9 Å². The molecule has 32 heavy (non-hydrogen) atoms. The largest absolute Gasteiger partial charge is 0.493 e. The van der Waals surface area contributed by atoms with Crippen molar-refractivity contribution in [1.82, 2.24) is 5.16 Å². The van der Waals surface area contributed by atoms with Gasteiger partial charge in [0.1, 0.15) is 11.5 Å². The molecule has 0 N–H and O–H groups in total. The van der Waals surface area contributed by atoms with E-state index >= 15 is 0 Å². The lowest BCUT2D eigenvalue weighted by atomic mass is 10.1. The number of aromatic nitrogens is 1. The van der Waals surface area contributed by atoms with Crippen molar-refractivity contribution >= 4 is 15.7 Å². The summed E-state index contributed by atoms with van der Waals surface area (Å²) in [6, 6.07) is 12.5. The molecule has 0 atom stereocenters. The SMILES string of the molecule is Cc1ccc(N(CC(C)C)S(=O)(=O)c2ccc(OCCc3c(C)noc3C)cc2)c(C)c1. The van der Waals surface area contributed by atoms with Crippen LogP contribution < -0.4 is 9.04 Å². The first-order chi connectivity index (χ1) is 15.1. The fourth-order valence-electron chi connectivity index (χ4n) is 3.71. The third-order valence-electron chi connectivity index (χ3n) is 5.37. The second kappa shape index (κ2) is 9.77. The molecular formula is C25H32N2O4S. The number of aryl methyl sites for hydroxylation is 4. The van der Waals surface area contributed by atoms with Crippen molar-refractivity contribution < 1.29 is 17.7 Å². The van der Waals surface area contributed by atoms with E-state index in [1.54, 1.807) is 24.3 Å². The number of nitrogens with zero attached hydrogens (tertiary/aromatic N) is 2. The van der Waals surface area contributed by atoms with Crippen molar-refractivity contribution in [1.29, 1.82) is 0 Å². The Hall–Kier alpha value is -2.80. The highest BCUT2D eigenvalue weighted by molar-refractivity contribution is 7.92. The highest BCUT2D eigenvalue weighted by atomic mass is 32.2. The van der Waals surface area contributed by atoms with Crippen LogP contribution in [0.1, 0.15) is 42.0 Å². The zero-order chi connectivity index (χ0) is 23.5. The maximum absolute atomic E-state index is 13.5. The van der Waals surface area contributed by atoms with Gasteiger partial charge in [0.2, 0.25) is 0 Å². The van der Waals surface area contributed by atoms with Crippen molar-refractivity contribution in [2.45, 2.75) is 52.9 Å². The second-order valence-electron chi connectivity index (χ2n) is 8.59. The molecule has 0 amide bonds. The minimum atomic E-state index is -3.71. The van der Waals surface area contributed by atoms with Crippen LogP contribution in [-0.4, -0.2) is 26.7 Å². The van der Waals surface area contributed by atoms with E-state index in [2.05, 4.69) is 5.16 Å². The maximum atomic E-state index is 13.5. The molecular weight excluding hydrogens is 424 g/mol. The summed E-state index contributed by atoms with van der Waals surface area (Å²) in [5.74, 6) is 1.60. The molecule has 0 aliphatic rings. The summed E-state index contributed by atoms with van der Waals surface area (Å²) in [6.07, 6.45) is 0.677. The van der Waals surface area contributed by atoms with Gasteiger partial charge in [0.25, 0.3) is 10.0 Å². The van der Waals surface area contributed by atoms with Gasteiger partial charge in [-0.25, -0.2) is 8.42 Å². The molecule has 1 heterocycles. The monoisotopic (exact) mass is 456 g/mol. The smallest absolute Gasteiger partial charge is 0.264 e. The van der Waals surface area contributed by atoms with Gasteiger partial charge in [0.05, 0.1) is 22.9 Å². The highest BCUT2D eigenvalue weighted by Crippen LogP contribution is 2.29. The number of sulfonamides is 1. The number of rotatable bonds is 9. The zero-order valence-electron chi connectivity index (χ0n) is 19.7. The van der Waals surface area contributed by atoms with Crippen LogP contribution in [0.25, 0.3) is 0 Å². The Morgan fingerprint density at radius 3 is 2.28 bits per heavy atom. The summed E-state index contributed by atoms with van der Waals surface area (Å²) in [5, 5.41) is 3.95. The Morgan fingerprint density at radius 1 is 1.03 bits per heavy atom. The van der Waals surface area contributed by atoms with Gasteiger partial charge in [-0.3, -0.25) is 4.31 Å². The molecule has 172 valence electrons. The van der Waals surface area contributed by atoms with Gasteiger partial charge in [0, 0.05) is 18.5 Å². The normalized spacial score (nSPS) is 11.7. The third-order valence-corrected chi connectivity index (χ3v) is 7.16. The fraction of sp³-hybridized carbons (Fsp3) is 0.400. The number of ether oxygens (including phenoxy) is 1. The molecule has 7 heteroatoms. The Kier molecular flexibility index (Phi) is 7.29. The van der Waals surface area contributed by atoms with E-state index in [9.17, 15) is 8.42 Å². The number of anilines is 1. The summed E-state index contributed by atoms with van der Waals surface area (Å²) in [4.78, 5) is 0.246. The summed E-state index contributed by atoms with van der Waals surface area (Å²) < 4.78 is 39.6. The summed E-state index contributed by atoms with van der Waals surface area (Å²) in [7, 11) is -3.71. The molecule has 0 spiro atoms. The lowest BCUT2D eigenvalue weighted by molar-refractivity contribution is 0.320. The molecule has 0 bridgehead atoms. The molecule has 3 aromatic rings. The van der Waals surface area contributed by atoms with Gasteiger partial charge in [-0.05, 0) is 69.5 Å². The average Bonchev–Trinajstić information content (AvgIpc) is 3.05. The lowest BCUT2D eigenvalue weighted by Gasteiger charge is -2.28. The van der Waals surface area contributed by atoms with Crippen LogP contribution in [0, 0.1) is 33.6 Å². The molecule has 6 nitrogen and oxygen atoms in total. The van der Waals surface area contributed by atoms with Crippen LogP contribution in [0.3, 0.4) is 0 Å². The molecule has 2 aromatic carbocycles. The Balaban J connectivity index is 1.78. The highest BCUT2D eigenvalue weighted by Gasteiger charge is 2.27. The van der Waals surface area contributed by atoms with Gasteiger partial charge in [-0.1, -0.05) is 36.7 Å². The first kappa shape index (κ1) is 23.9. The zero-order valence-corrected chi connectivity index (χ0v) is 20.5. The van der Waals surface area contributed by atoms with Crippen molar-refractivity contribution in [3.63, 3.8) is 0 Å². The van der Waals surface area contributed by atoms with Gasteiger partial charge >= 0.3 is 0 Å². The molecule has 0 radical (unpaired) electrons. The summed E-state index contributed by atoms with van der Waals surface area (Å²) in [6.45, 7) is 12.6. The maximum Gasteiger partial charge on any atom is 0.264 e. The van der Waals surface area contributed by atoms with Gasteiger partial charge in [0.15, 0.2) is 0 Å². The summed E-state index contributed by atoms with van der Waals surface area (Å²) in [5.41, 5.74) is 4.66. The lowest BCUT2D eigenvalue weighted by Crippen LogP contribution is -2.34. The van der Waals surface area contributed by atoms with E-state index in [0.29, 0.717) is 31.0 Å². The van der Waals surface area contributed by atoms with Crippen molar-refractivity contribution in [3.8, 4) is 5.75 Å². The Bertz CT molecular complexity index is 1150. The van der Waals surface area contributed by atoms with E-state index in [1.807, 2.05) is 59.7 Å². The predicted octanol–water partition coefficient (Wildman–Crippen LogP) is 5.38. The third kappa shape index (κ3) is 5.33. The van der Waals surface area contributed by atoms with Gasteiger partial charge in [-0.15, -0.1) is 0 Å². The van der Waals surface area contributed by atoms with Crippen molar-refractivity contribution in [3.05, 3.63) is 70.6 Å². The second-order valence-corrected chi connectivity index (χ2v) is 10.5. The quantitative estimate of drug-likeness (QED) is 0.432. The number of hydrogen-bond acceptors (Lipinski definition) is 5. The minimum Gasteiger partial charge on any atom is -0.493 e. The van der Waals surface area contributed by atoms with Crippen molar-refractivity contribution in [2.75, 3.05) is 17.5 Å². The Labute approximate surface area is 191 Å².